The van der Waals surface area contributed by atoms with Gasteiger partial charge in [0.25, 0.3) is 0 Å². The average Bonchev–Trinajstić information content (AvgIpc) is 3.30. The van der Waals surface area contributed by atoms with Crippen molar-refractivity contribution in [1.29, 1.82) is 0 Å². The molecule has 0 aliphatic rings. The van der Waals surface area contributed by atoms with Crippen molar-refractivity contribution >= 4 is 28.5 Å². The second-order valence-electron chi connectivity index (χ2n) is 5.22. The maximum atomic E-state index is 5.33. The van der Waals surface area contributed by atoms with E-state index in [1.165, 1.54) is 0 Å². The molecule has 1 aromatic carbocycles. The second kappa shape index (κ2) is 6.40. The lowest BCUT2D eigenvalue weighted by Crippen LogP contribution is -2.01. The maximum absolute atomic E-state index is 5.33. The molecule has 1 N–H and O–H groups in total. The summed E-state index contributed by atoms with van der Waals surface area (Å²) in [4.78, 5) is 0. The molecule has 0 aliphatic carbocycles. The van der Waals surface area contributed by atoms with E-state index in [0.29, 0.717) is 28.8 Å². The predicted octanol–water partition coefficient (Wildman–Crippen LogP) is 3.61. The summed E-state index contributed by atoms with van der Waals surface area (Å²) in [6.07, 6.45) is 0. The highest BCUT2D eigenvalue weighted by Crippen LogP contribution is 2.31. The molecule has 7 nitrogen and oxygen atoms in total. The summed E-state index contributed by atoms with van der Waals surface area (Å²) in [5, 5.41) is 20.3. The van der Waals surface area contributed by atoms with Gasteiger partial charge in [0.1, 0.15) is 0 Å². The molecule has 3 heterocycles. The lowest BCUT2D eigenvalue weighted by atomic mass is 10.2. The van der Waals surface area contributed by atoms with E-state index in [9.17, 15) is 0 Å². The van der Waals surface area contributed by atoms with Gasteiger partial charge in [-0.1, -0.05) is 0 Å². The van der Waals surface area contributed by atoms with Crippen molar-refractivity contribution in [2.24, 2.45) is 0 Å². The summed E-state index contributed by atoms with van der Waals surface area (Å²) in [7, 11) is 3.22. The van der Waals surface area contributed by atoms with Crippen molar-refractivity contribution in [3.63, 3.8) is 0 Å². The molecule has 0 saturated carbocycles. The first-order valence-electron chi connectivity index (χ1n) is 7.52. The molecule has 0 spiro atoms. The van der Waals surface area contributed by atoms with Gasteiger partial charge in [-0.2, -0.15) is 15.9 Å². The zero-order valence-corrected chi connectivity index (χ0v) is 14.4. The number of methoxy groups -OCH3 is 2. The summed E-state index contributed by atoms with van der Waals surface area (Å²) in [6.45, 7) is 0. The normalized spacial score (nSPS) is 10.8. The fourth-order valence-electron chi connectivity index (χ4n) is 2.49. The number of fused-ring (bicyclic) bond motifs is 1. The van der Waals surface area contributed by atoms with Gasteiger partial charge in [0.05, 0.1) is 14.2 Å². The minimum atomic E-state index is 0.650. The standard InChI is InChI=1S/C17H15N5O2S/c1-23-13-4-3-12(9-14(13)24-2)18-15-5-6-16-19-20-17(22(16)21-15)11-7-8-25-10-11/h3-10H,1-2H3,(H,18,21). The molecule has 8 heteroatoms. The van der Waals surface area contributed by atoms with Crippen molar-refractivity contribution in [3.8, 4) is 22.9 Å². The Balaban J connectivity index is 1.69. The maximum Gasteiger partial charge on any atom is 0.186 e. The zero-order chi connectivity index (χ0) is 17.2. The number of nitrogens with zero attached hydrogens (tertiary/aromatic N) is 4. The quantitative estimate of drug-likeness (QED) is 0.591. The third-order valence-corrected chi connectivity index (χ3v) is 4.38. The van der Waals surface area contributed by atoms with Crippen LogP contribution in [0.4, 0.5) is 11.5 Å². The fraction of sp³-hybridized carbons (Fsp3) is 0.118. The van der Waals surface area contributed by atoms with Gasteiger partial charge in [-0.15, -0.1) is 15.3 Å². The highest BCUT2D eigenvalue weighted by Gasteiger charge is 2.11. The lowest BCUT2D eigenvalue weighted by molar-refractivity contribution is 0.355. The molecular weight excluding hydrogens is 338 g/mol. The van der Waals surface area contributed by atoms with E-state index in [-0.39, 0.29) is 0 Å². The van der Waals surface area contributed by atoms with E-state index in [1.54, 1.807) is 30.1 Å². The van der Waals surface area contributed by atoms with Crippen LogP contribution in [0.25, 0.3) is 17.0 Å². The van der Waals surface area contributed by atoms with Gasteiger partial charge in [-0.25, -0.2) is 0 Å². The molecular formula is C17H15N5O2S. The third kappa shape index (κ3) is 2.87. The third-order valence-electron chi connectivity index (χ3n) is 3.70. The van der Waals surface area contributed by atoms with Crippen LogP contribution in [0.1, 0.15) is 0 Å². The van der Waals surface area contributed by atoms with Gasteiger partial charge in [-0.3, -0.25) is 0 Å². The number of nitrogens with one attached hydrogen (secondary N) is 1. The molecule has 0 unspecified atom stereocenters. The Labute approximate surface area is 147 Å². The molecule has 0 radical (unpaired) electrons. The van der Waals surface area contributed by atoms with Crippen LogP contribution in [0.2, 0.25) is 0 Å². The van der Waals surface area contributed by atoms with E-state index >= 15 is 0 Å². The van der Waals surface area contributed by atoms with Crippen molar-refractivity contribution < 1.29 is 9.47 Å². The topological polar surface area (TPSA) is 73.6 Å². The fourth-order valence-corrected chi connectivity index (χ4v) is 3.12. The number of hydrogen-bond acceptors (Lipinski definition) is 7. The van der Waals surface area contributed by atoms with E-state index in [1.807, 2.05) is 47.2 Å². The van der Waals surface area contributed by atoms with Gasteiger partial charge < -0.3 is 14.8 Å². The zero-order valence-electron chi connectivity index (χ0n) is 13.6. The number of hydrogen-bond donors (Lipinski definition) is 1. The number of thiophene rings is 1. The number of aromatic nitrogens is 4. The molecule has 0 saturated heterocycles. The highest BCUT2D eigenvalue weighted by molar-refractivity contribution is 7.08. The second-order valence-corrected chi connectivity index (χ2v) is 6.00. The number of anilines is 2. The molecule has 25 heavy (non-hydrogen) atoms. The van der Waals surface area contributed by atoms with Crippen LogP contribution < -0.4 is 14.8 Å². The van der Waals surface area contributed by atoms with Gasteiger partial charge in [0.15, 0.2) is 28.8 Å². The summed E-state index contributed by atoms with van der Waals surface area (Å²) in [5.41, 5.74) is 2.53. The predicted molar refractivity (Wildman–Crippen MR) is 96.9 cm³/mol. The van der Waals surface area contributed by atoms with Gasteiger partial charge in [0, 0.05) is 22.7 Å². The van der Waals surface area contributed by atoms with Crippen molar-refractivity contribution in [2.45, 2.75) is 0 Å². The number of benzene rings is 1. The Morgan fingerprint density at radius 3 is 2.64 bits per heavy atom. The smallest absolute Gasteiger partial charge is 0.186 e. The minimum absolute atomic E-state index is 0.650. The van der Waals surface area contributed by atoms with E-state index < -0.39 is 0 Å². The molecule has 0 aliphatic heterocycles. The summed E-state index contributed by atoms with van der Waals surface area (Å²) in [6, 6.07) is 11.3. The van der Waals surface area contributed by atoms with Gasteiger partial charge in [0.2, 0.25) is 0 Å². The van der Waals surface area contributed by atoms with Crippen LogP contribution in [-0.2, 0) is 0 Å². The van der Waals surface area contributed by atoms with Gasteiger partial charge in [-0.05, 0) is 35.7 Å². The molecule has 0 bridgehead atoms. The SMILES string of the molecule is COc1ccc(Nc2ccc3nnc(-c4ccsc4)n3n2)cc1OC. The molecule has 126 valence electrons. The van der Waals surface area contributed by atoms with Crippen molar-refractivity contribution in [2.75, 3.05) is 19.5 Å². The molecule has 0 fully saturated rings. The summed E-state index contributed by atoms with van der Waals surface area (Å²) in [5.74, 6) is 2.72. The van der Waals surface area contributed by atoms with Crippen LogP contribution in [0.5, 0.6) is 11.5 Å². The van der Waals surface area contributed by atoms with Crippen molar-refractivity contribution in [3.05, 3.63) is 47.2 Å². The first-order valence-corrected chi connectivity index (χ1v) is 8.47. The highest BCUT2D eigenvalue weighted by atomic mass is 32.1. The van der Waals surface area contributed by atoms with Crippen LogP contribution in [0, 0.1) is 0 Å². The first kappa shape index (κ1) is 15.4. The summed E-state index contributed by atoms with van der Waals surface area (Å²) >= 11 is 1.61. The van der Waals surface area contributed by atoms with Gasteiger partial charge >= 0.3 is 0 Å². The first-order chi connectivity index (χ1) is 12.3. The average molecular weight is 353 g/mol. The Hall–Kier alpha value is -3.13. The van der Waals surface area contributed by atoms with Crippen molar-refractivity contribution in [1.82, 2.24) is 19.8 Å². The number of ether oxygens (including phenoxy) is 2. The van der Waals surface area contributed by atoms with E-state index in [0.717, 1.165) is 11.3 Å². The van der Waals surface area contributed by atoms with Crippen LogP contribution in [0.15, 0.2) is 47.2 Å². The Kier molecular flexibility index (Phi) is 3.95. The number of rotatable bonds is 5. The Bertz CT molecular complexity index is 1010. The van der Waals surface area contributed by atoms with E-state index in [4.69, 9.17) is 9.47 Å². The lowest BCUT2D eigenvalue weighted by Gasteiger charge is -2.11. The molecule has 4 rings (SSSR count). The van der Waals surface area contributed by atoms with Crippen LogP contribution in [-0.4, -0.2) is 34.0 Å². The van der Waals surface area contributed by atoms with Crippen LogP contribution >= 0.6 is 11.3 Å². The largest absolute Gasteiger partial charge is 0.493 e. The summed E-state index contributed by atoms with van der Waals surface area (Å²) < 4.78 is 12.3. The molecule has 0 atom stereocenters. The minimum Gasteiger partial charge on any atom is -0.493 e. The molecule has 4 aromatic rings. The Morgan fingerprint density at radius 1 is 1.00 bits per heavy atom. The molecule has 3 aromatic heterocycles. The monoisotopic (exact) mass is 353 g/mol. The van der Waals surface area contributed by atoms with Crippen LogP contribution in [0.3, 0.4) is 0 Å². The molecule has 0 amide bonds. The van der Waals surface area contributed by atoms with E-state index in [2.05, 4.69) is 20.6 Å². The Morgan fingerprint density at radius 2 is 1.88 bits per heavy atom.